The Kier molecular flexibility index (Phi) is 5.10. The second-order valence-corrected chi connectivity index (χ2v) is 7.91. The first kappa shape index (κ1) is 21.1. The summed E-state index contributed by atoms with van der Waals surface area (Å²) in [6.45, 7) is 1.24. The third-order valence-corrected chi connectivity index (χ3v) is 5.62. The molecule has 4 aromatic rings. The van der Waals surface area contributed by atoms with E-state index in [2.05, 4.69) is 25.5 Å². The summed E-state index contributed by atoms with van der Waals surface area (Å²) in [5.41, 5.74) is 1.45. The van der Waals surface area contributed by atoms with Crippen molar-refractivity contribution in [3.8, 4) is 17.0 Å². The maximum atomic E-state index is 15.3. The molecule has 0 bridgehead atoms. The van der Waals surface area contributed by atoms with Gasteiger partial charge in [0.2, 0.25) is 11.8 Å². The number of imidazole rings is 1. The van der Waals surface area contributed by atoms with Crippen LogP contribution in [0.4, 0.5) is 10.2 Å². The largest absolute Gasteiger partial charge is 0.481 e. The quantitative estimate of drug-likeness (QED) is 0.400. The normalized spacial score (nSPS) is 14.0. The van der Waals surface area contributed by atoms with Crippen molar-refractivity contribution in [3.05, 3.63) is 35.6 Å². The molecular weight excluding hydrogens is 457 g/mol. The van der Waals surface area contributed by atoms with Gasteiger partial charge in [0.15, 0.2) is 23.0 Å². The van der Waals surface area contributed by atoms with E-state index in [4.69, 9.17) is 21.4 Å². The van der Waals surface area contributed by atoms with Gasteiger partial charge in [-0.05, 0) is 0 Å². The summed E-state index contributed by atoms with van der Waals surface area (Å²) in [7, 11) is 0. The van der Waals surface area contributed by atoms with Crippen molar-refractivity contribution in [1.82, 2.24) is 29.5 Å². The highest BCUT2D eigenvalue weighted by molar-refractivity contribution is 6.35. The molecule has 0 radical (unpaired) electrons. The van der Waals surface area contributed by atoms with E-state index < -0.39 is 24.4 Å². The van der Waals surface area contributed by atoms with Gasteiger partial charge in [-0.3, -0.25) is 19.7 Å². The average Bonchev–Trinajstić information content (AvgIpc) is 3.38. The van der Waals surface area contributed by atoms with Gasteiger partial charge in [0, 0.05) is 24.1 Å². The van der Waals surface area contributed by atoms with Crippen LogP contribution in [0.5, 0.6) is 5.75 Å². The van der Waals surface area contributed by atoms with Gasteiger partial charge in [-0.25, -0.2) is 9.37 Å². The monoisotopic (exact) mass is 473 g/mol. The van der Waals surface area contributed by atoms with Gasteiger partial charge in [0.25, 0.3) is 0 Å². The summed E-state index contributed by atoms with van der Waals surface area (Å²) < 4.78 is 22.8. The lowest BCUT2D eigenvalue weighted by molar-refractivity contribution is -0.143. The molecule has 0 spiro atoms. The molecule has 13 heteroatoms. The fourth-order valence-electron chi connectivity index (χ4n) is 3.70. The number of anilines is 1. The number of hydrogen-bond acceptors (Lipinski definition) is 7. The SMILES string of the molecule is CC(=O)Nc1cn2cc(-c3c(Cl)c(F)c(OC4CN(C(=O)CO)C4)c4[nH]ncc34)ncc2n1. The van der Waals surface area contributed by atoms with Crippen LogP contribution in [0.2, 0.25) is 5.02 Å². The van der Waals surface area contributed by atoms with Crippen LogP contribution in [0.3, 0.4) is 0 Å². The summed E-state index contributed by atoms with van der Waals surface area (Å²) in [6.07, 6.45) is 5.74. The lowest BCUT2D eigenvalue weighted by atomic mass is 10.1. The van der Waals surface area contributed by atoms with Crippen LogP contribution in [0.25, 0.3) is 27.8 Å². The van der Waals surface area contributed by atoms with E-state index in [1.165, 1.54) is 24.2 Å². The number of H-pyrrole nitrogens is 1. The van der Waals surface area contributed by atoms with Gasteiger partial charge in [0.1, 0.15) is 18.2 Å². The van der Waals surface area contributed by atoms with Crippen molar-refractivity contribution in [2.75, 3.05) is 25.0 Å². The van der Waals surface area contributed by atoms with E-state index in [1.807, 2.05) is 0 Å². The minimum Gasteiger partial charge on any atom is -0.481 e. The number of likely N-dealkylation sites (tertiary alicyclic amines) is 1. The molecule has 1 aliphatic heterocycles. The van der Waals surface area contributed by atoms with Gasteiger partial charge in [-0.2, -0.15) is 5.10 Å². The lowest BCUT2D eigenvalue weighted by Crippen LogP contribution is -2.57. The molecule has 4 heterocycles. The van der Waals surface area contributed by atoms with E-state index in [9.17, 15) is 9.59 Å². The number of amides is 2. The highest BCUT2D eigenvalue weighted by atomic mass is 35.5. The molecule has 0 saturated carbocycles. The zero-order chi connectivity index (χ0) is 23.3. The van der Waals surface area contributed by atoms with Crippen molar-refractivity contribution in [2.24, 2.45) is 0 Å². The summed E-state index contributed by atoms with van der Waals surface area (Å²) >= 11 is 6.42. The molecule has 1 aliphatic rings. The minimum absolute atomic E-state index is 0.103. The number of aliphatic hydroxyl groups excluding tert-OH is 1. The highest BCUT2D eigenvalue weighted by Gasteiger charge is 2.34. The molecule has 1 saturated heterocycles. The molecule has 33 heavy (non-hydrogen) atoms. The Balaban J connectivity index is 1.52. The molecule has 1 aromatic carbocycles. The first-order valence-electron chi connectivity index (χ1n) is 9.87. The number of ether oxygens (including phenoxy) is 1. The number of rotatable bonds is 5. The average molecular weight is 474 g/mol. The third kappa shape index (κ3) is 3.62. The van der Waals surface area contributed by atoms with Gasteiger partial charge >= 0.3 is 0 Å². The fourth-order valence-corrected chi connectivity index (χ4v) is 3.98. The van der Waals surface area contributed by atoms with Crippen LogP contribution >= 0.6 is 11.6 Å². The molecule has 3 aromatic heterocycles. The highest BCUT2D eigenvalue weighted by Crippen LogP contribution is 2.42. The smallest absolute Gasteiger partial charge is 0.248 e. The van der Waals surface area contributed by atoms with E-state index in [0.717, 1.165) is 0 Å². The minimum atomic E-state index is -0.790. The van der Waals surface area contributed by atoms with Gasteiger partial charge < -0.3 is 24.5 Å². The first-order valence-corrected chi connectivity index (χ1v) is 10.3. The van der Waals surface area contributed by atoms with Crippen molar-refractivity contribution < 1.29 is 23.8 Å². The topological polar surface area (TPSA) is 138 Å². The number of halogens is 2. The van der Waals surface area contributed by atoms with Crippen molar-refractivity contribution in [1.29, 1.82) is 0 Å². The van der Waals surface area contributed by atoms with Gasteiger partial charge in [0.05, 0.1) is 42.4 Å². The number of carbonyl (C=O) groups excluding carboxylic acids is 2. The zero-order valence-electron chi connectivity index (χ0n) is 17.2. The van der Waals surface area contributed by atoms with E-state index in [0.29, 0.717) is 33.6 Å². The van der Waals surface area contributed by atoms with E-state index in [-0.39, 0.29) is 29.8 Å². The van der Waals surface area contributed by atoms with Crippen LogP contribution in [-0.2, 0) is 9.59 Å². The fraction of sp³-hybridized carbons (Fsp3) is 0.250. The number of carbonyl (C=O) groups is 2. The number of nitrogens with one attached hydrogen (secondary N) is 2. The maximum absolute atomic E-state index is 15.3. The summed E-state index contributed by atoms with van der Waals surface area (Å²) in [6, 6.07) is 0. The Morgan fingerprint density at radius 2 is 2.15 bits per heavy atom. The molecule has 0 unspecified atom stereocenters. The van der Waals surface area contributed by atoms with Crippen LogP contribution < -0.4 is 10.1 Å². The summed E-state index contributed by atoms with van der Waals surface area (Å²) in [5.74, 6) is -1.22. The maximum Gasteiger partial charge on any atom is 0.248 e. The number of fused-ring (bicyclic) bond motifs is 2. The standard InChI is InChI=1S/C20H17ClFN7O4/c1-9(31)25-13-7-28-6-12(23-3-14(28)26-13)16-11-2-24-27-19(11)20(18(22)17(16)21)33-10-4-29(5-10)15(32)8-30/h2-3,6-7,10,30H,4-5,8H2,1H3,(H,24,27)(H,25,31). The molecule has 0 atom stereocenters. The van der Waals surface area contributed by atoms with Crippen molar-refractivity contribution in [3.63, 3.8) is 0 Å². The Morgan fingerprint density at radius 3 is 2.88 bits per heavy atom. The predicted octanol–water partition coefficient (Wildman–Crippen LogP) is 1.61. The molecule has 170 valence electrons. The summed E-state index contributed by atoms with van der Waals surface area (Å²) in [5, 5.41) is 18.6. The van der Waals surface area contributed by atoms with E-state index >= 15 is 4.39 Å². The Hall–Kier alpha value is -3.77. The second kappa shape index (κ2) is 7.98. The number of aliphatic hydroxyl groups is 1. The Morgan fingerprint density at radius 1 is 1.36 bits per heavy atom. The second-order valence-electron chi connectivity index (χ2n) is 7.53. The molecule has 5 rings (SSSR count). The van der Waals surface area contributed by atoms with Crippen LogP contribution in [0.15, 0.2) is 24.8 Å². The predicted molar refractivity (Wildman–Crippen MR) is 115 cm³/mol. The van der Waals surface area contributed by atoms with Crippen molar-refractivity contribution in [2.45, 2.75) is 13.0 Å². The molecule has 2 amide bonds. The van der Waals surface area contributed by atoms with Gasteiger partial charge in [-0.1, -0.05) is 11.6 Å². The Labute approximate surface area is 190 Å². The summed E-state index contributed by atoms with van der Waals surface area (Å²) in [4.78, 5) is 32.8. The van der Waals surface area contributed by atoms with Crippen LogP contribution in [-0.4, -0.2) is 72.2 Å². The third-order valence-electron chi connectivity index (χ3n) is 5.27. The number of aromatic amines is 1. The molecule has 3 N–H and O–H groups in total. The Bertz CT molecular complexity index is 1410. The molecule has 0 aliphatic carbocycles. The number of hydrogen-bond donors (Lipinski definition) is 3. The first-order chi connectivity index (χ1) is 15.9. The van der Waals surface area contributed by atoms with Crippen molar-refractivity contribution >= 4 is 45.8 Å². The molecule has 1 fully saturated rings. The van der Waals surface area contributed by atoms with E-state index in [1.54, 1.807) is 16.8 Å². The molecule has 11 nitrogen and oxygen atoms in total. The van der Waals surface area contributed by atoms with Crippen LogP contribution in [0, 0.1) is 5.82 Å². The number of aromatic nitrogens is 5. The zero-order valence-corrected chi connectivity index (χ0v) is 17.9. The number of benzene rings is 1. The van der Waals surface area contributed by atoms with Crippen LogP contribution in [0.1, 0.15) is 6.92 Å². The molecular formula is C20H17ClFN7O4. The lowest BCUT2D eigenvalue weighted by Gasteiger charge is -2.38. The number of nitrogens with zero attached hydrogens (tertiary/aromatic N) is 5. The van der Waals surface area contributed by atoms with Gasteiger partial charge in [-0.15, -0.1) is 0 Å².